The Morgan fingerprint density at radius 3 is 2.57 bits per heavy atom. The maximum Gasteiger partial charge on any atom is 0.325 e. The number of imide groups is 1. The molecule has 0 spiro atoms. The number of nitrogens with zero attached hydrogens (tertiary/aromatic N) is 2. The van der Waals surface area contributed by atoms with Gasteiger partial charge in [0.05, 0.1) is 11.0 Å². The van der Waals surface area contributed by atoms with Gasteiger partial charge in [-0.05, 0) is 37.1 Å². The van der Waals surface area contributed by atoms with Crippen molar-refractivity contribution in [2.24, 2.45) is 0 Å². The van der Waals surface area contributed by atoms with Crippen molar-refractivity contribution < 1.29 is 19.3 Å². The van der Waals surface area contributed by atoms with Gasteiger partial charge in [-0.15, -0.1) is 0 Å². The Morgan fingerprint density at radius 2 is 1.93 bits per heavy atom. The number of urea groups is 1. The third-order valence-electron chi connectivity index (χ3n) is 4.96. The van der Waals surface area contributed by atoms with Gasteiger partial charge in [-0.1, -0.05) is 40.2 Å². The number of nitro groups is 1. The van der Waals surface area contributed by atoms with Crippen molar-refractivity contribution in [1.29, 1.82) is 0 Å². The number of rotatable bonds is 6. The van der Waals surface area contributed by atoms with Gasteiger partial charge in [0.25, 0.3) is 11.6 Å². The predicted molar refractivity (Wildman–Crippen MR) is 111 cm³/mol. The molecular formula is C20H19BrN4O5. The molecule has 0 bridgehead atoms. The van der Waals surface area contributed by atoms with Crippen LogP contribution in [0.2, 0.25) is 0 Å². The van der Waals surface area contributed by atoms with Crippen LogP contribution in [0.15, 0.2) is 53.0 Å². The van der Waals surface area contributed by atoms with Crippen molar-refractivity contribution >= 4 is 39.5 Å². The summed E-state index contributed by atoms with van der Waals surface area (Å²) >= 11 is 3.35. The predicted octanol–water partition coefficient (Wildman–Crippen LogP) is 3.00. The molecule has 30 heavy (non-hydrogen) atoms. The van der Waals surface area contributed by atoms with E-state index in [1.165, 1.54) is 31.2 Å². The molecule has 156 valence electrons. The van der Waals surface area contributed by atoms with E-state index >= 15 is 0 Å². The standard InChI is InChI=1S/C20H19BrN4O5/c1-12(13-6-8-15(21)9-7-13)22-17(26)11-24-18(27)20(2,23-19(24)28)14-4-3-5-16(10-14)25(29)30/h3-10,12H,11H2,1-2H3,(H,22,26)(H,23,28). The molecule has 0 aromatic heterocycles. The van der Waals surface area contributed by atoms with Gasteiger partial charge in [-0.3, -0.25) is 24.6 Å². The molecule has 2 atom stereocenters. The van der Waals surface area contributed by atoms with Gasteiger partial charge < -0.3 is 10.6 Å². The maximum absolute atomic E-state index is 12.9. The summed E-state index contributed by atoms with van der Waals surface area (Å²) in [6.07, 6.45) is 0. The summed E-state index contributed by atoms with van der Waals surface area (Å²) in [5, 5.41) is 16.3. The van der Waals surface area contributed by atoms with Crippen LogP contribution in [0, 0.1) is 10.1 Å². The van der Waals surface area contributed by atoms with Gasteiger partial charge in [-0.25, -0.2) is 4.79 Å². The molecule has 2 unspecified atom stereocenters. The normalized spacial score (nSPS) is 19.4. The number of nitro benzene ring substituents is 1. The van der Waals surface area contributed by atoms with Crippen molar-refractivity contribution in [1.82, 2.24) is 15.5 Å². The Bertz CT molecular complexity index is 1030. The molecule has 1 fully saturated rings. The van der Waals surface area contributed by atoms with Gasteiger partial charge in [0.2, 0.25) is 5.91 Å². The fraction of sp³-hybridized carbons (Fsp3) is 0.250. The number of hydrogen-bond acceptors (Lipinski definition) is 5. The minimum atomic E-state index is -1.50. The second-order valence-corrected chi connectivity index (χ2v) is 8.01. The average Bonchev–Trinajstić information content (AvgIpc) is 2.92. The minimum Gasteiger partial charge on any atom is -0.348 e. The number of non-ortho nitro benzene ring substituents is 1. The lowest BCUT2D eigenvalue weighted by atomic mass is 9.91. The Kier molecular flexibility index (Phi) is 5.88. The van der Waals surface area contributed by atoms with E-state index in [-0.39, 0.29) is 17.3 Å². The zero-order valence-corrected chi connectivity index (χ0v) is 17.8. The summed E-state index contributed by atoms with van der Waals surface area (Å²) in [5.74, 6) is -1.16. The molecule has 0 saturated carbocycles. The first kappa shape index (κ1) is 21.4. The number of carbonyl (C=O) groups excluding carboxylic acids is 3. The zero-order chi connectivity index (χ0) is 22.1. The first-order valence-corrected chi connectivity index (χ1v) is 9.85. The van der Waals surface area contributed by atoms with Crippen LogP contribution in [0.3, 0.4) is 0 Å². The third-order valence-corrected chi connectivity index (χ3v) is 5.49. The van der Waals surface area contributed by atoms with Gasteiger partial charge in [0.15, 0.2) is 0 Å². The quantitative estimate of drug-likeness (QED) is 0.378. The van der Waals surface area contributed by atoms with Gasteiger partial charge in [0.1, 0.15) is 12.1 Å². The lowest BCUT2D eigenvalue weighted by Crippen LogP contribution is -2.43. The summed E-state index contributed by atoms with van der Waals surface area (Å²) < 4.78 is 0.907. The average molecular weight is 475 g/mol. The van der Waals surface area contributed by atoms with E-state index in [4.69, 9.17) is 0 Å². The molecule has 1 heterocycles. The topological polar surface area (TPSA) is 122 Å². The lowest BCUT2D eigenvalue weighted by molar-refractivity contribution is -0.385. The van der Waals surface area contributed by atoms with Crippen molar-refractivity contribution in [2.45, 2.75) is 25.4 Å². The molecule has 1 aliphatic heterocycles. The number of amides is 4. The Balaban J connectivity index is 1.73. The molecule has 3 rings (SSSR count). The largest absolute Gasteiger partial charge is 0.348 e. The zero-order valence-electron chi connectivity index (χ0n) is 16.2. The SMILES string of the molecule is CC(NC(=O)CN1C(=O)NC(C)(c2cccc([N+](=O)[O-])c2)C1=O)c1ccc(Br)cc1. The van der Waals surface area contributed by atoms with E-state index in [9.17, 15) is 24.5 Å². The molecular weight excluding hydrogens is 456 g/mol. The Labute approximate surface area is 180 Å². The van der Waals surface area contributed by atoms with E-state index < -0.39 is 34.9 Å². The second-order valence-electron chi connectivity index (χ2n) is 7.09. The maximum atomic E-state index is 12.9. The first-order valence-electron chi connectivity index (χ1n) is 9.05. The summed E-state index contributed by atoms with van der Waals surface area (Å²) in [6, 6.07) is 11.8. The minimum absolute atomic E-state index is 0.199. The van der Waals surface area contributed by atoms with Crippen LogP contribution in [-0.4, -0.2) is 34.2 Å². The third kappa shape index (κ3) is 4.18. The summed E-state index contributed by atoms with van der Waals surface area (Å²) in [4.78, 5) is 49.0. The highest BCUT2D eigenvalue weighted by Gasteiger charge is 2.49. The molecule has 1 aliphatic rings. The molecule has 2 N–H and O–H groups in total. The molecule has 9 nitrogen and oxygen atoms in total. The Hall–Kier alpha value is -3.27. The molecule has 1 saturated heterocycles. The van der Waals surface area contributed by atoms with Gasteiger partial charge >= 0.3 is 6.03 Å². The molecule has 2 aromatic carbocycles. The van der Waals surface area contributed by atoms with Crippen molar-refractivity contribution in [2.75, 3.05) is 6.54 Å². The monoisotopic (exact) mass is 474 g/mol. The number of nitrogens with one attached hydrogen (secondary N) is 2. The van der Waals surface area contributed by atoms with E-state index in [1.807, 2.05) is 24.3 Å². The molecule has 4 amide bonds. The van der Waals surface area contributed by atoms with Crippen LogP contribution < -0.4 is 10.6 Å². The van der Waals surface area contributed by atoms with Crippen LogP contribution in [0.4, 0.5) is 10.5 Å². The first-order chi connectivity index (χ1) is 14.1. The van der Waals surface area contributed by atoms with Crippen molar-refractivity contribution in [3.8, 4) is 0 Å². The van der Waals surface area contributed by atoms with Crippen LogP contribution >= 0.6 is 15.9 Å². The van der Waals surface area contributed by atoms with Crippen molar-refractivity contribution in [3.63, 3.8) is 0 Å². The van der Waals surface area contributed by atoms with Crippen LogP contribution in [-0.2, 0) is 15.1 Å². The highest BCUT2D eigenvalue weighted by molar-refractivity contribution is 9.10. The lowest BCUT2D eigenvalue weighted by Gasteiger charge is -2.22. The van der Waals surface area contributed by atoms with Gasteiger partial charge in [-0.2, -0.15) is 0 Å². The summed E-state index contributed by atoms with van der Waals surface area (Å²) in [5.41, 5.74) is -0.567. The number of carbonyl (C=O) groups is 3. The van der Waals surface area contributed by atoms with Crippen LogP contribution in [0.5, 0.6) is 0 Å². The van der Waals surface area contributed by atoms with Gasteiger partial charge in [0, 0.05) is 16.6 Å². The van der Waals surface area contributed by atoms with E-state index in [2.05, 4.69) is 26.6 Å². The fourth-order valence-corrected chi connectivity index (χ4v) is 3.50. The van der Waals surface area contributed by atoms with Crippen LogP contribution in [0.1, 0.15) is 31.0 Å². The van der Waals surface area contributed by atoms with E-state index in [0.29, 0.717) is 0 Å². The number of halogens is 1. The van der Waals surface area contributed by atoms with E-state index in [0.717, 1.165) is 14.9 Å². The molecule has 10 heteroatoms. The highest BCUT2D eigenvalue weighted by Crippen LogP contribution is 2.30. The Morgan fingerprint density at radius 1 is 1.27 bits per heavy atom. The fourth-order valence-electron chi connectivity index (χ4n) is 3.23. The van der Waals surface area contributed by atoms with Crippen molar-refractivity contribution in [3.05, 3.63) is 74.2 Å². The molecule has 2 aromatic rings. The summed E-state index contributed by atoms with van der Waals surface area (Å²) in [7, 11) is 0. The summed E-state index contributed by atoms with van der Waals surface area (Å²) in [6.45, 7) is 2.78. The number of hydrogen-bond donors (Lipinski definition) is 2. The molecule has 0 aliphatic carbocycles. The van der Waals surface area contributed by atoms with E-state index in [1.54, 1.807) is 6.92 Å². The second kappa shape index (κ2) is 8.23. The number of benzene rings is 2. The molecule has 0 radical (unpaired) electrons. The van der Waals surface area contributed by atoms with Crippen LogP contribution in [0.25, 0.3) is 0 Å². The smallest absolute Gasteiger partial charge is 0.325 e. The highest BCUT2D eigenvalue weighted by atomic mass is 79.9.